The molecule has 1 fully saturated rings. The van der Waals surface area contributed by atoms with Crippen LogP contribution < -0.4 is 15.5 Å². The van der Waals surface area contributed by atoms with E-state index in [1.165, 1.54) is 17.6 Å². The molecule has 0 radical (unpaired) electrons. The van der Waals surface area contributed by atoms with E-state index in [2.05, 4.69) is 38.9 Å². The lowest BCUT2D eigenvalue weighted by atomic mass is 10.00. The maximum atomic E-state index is 11.9. The van der Waals surface area contributed by atoms with E-state index in [1.54, 1.807) is 11.3 Å². The summed E-state index contributed by atoms with van der Waals surface area (Å²) in [7, 11) is 1.50. The summed E-state index contributed by atoms with van der Waals surface area (Å²) in [4.78, 5) is 19.9. The van der Waals surface area contributed by atoms with Crippen LogP contribution in [0.5, 0.6) is 0 Å². The van der Waals surface area contributed by atoms with Crippen LogP contribution in [0.3, 0.4) is 0 Å². The standard InChI is InChI=1S/C23H24N4O2S2/c1-14-9-11-31-22(14)21-20(18-6-4-5-10-24-18)26-23(30)27(21)16-7-8-17(15(2)12-16)25-19(28)13-29-3/h4-12,20-21H,13H2,1-3H3,(H,25,28)(H,26,30)/t20-,21-/m0/s1. The van der Waals surface area contributed by atoms with Gasteiger partial charge in [-0.05, 0) is 79.0 Å². The number of pyridine rings is 1. The molecule has 1 aromatic carbocycles. The minimum Gasteiger partial charge on any atom is -0.375 e. The van der Waals surface area contributed by atoms with Crippen LogP contribution in [-0.2, 0) is 9.53 Å². The van der Waals surface area contributed by atoms with Gasteiger partial charge in [0.15, 0.2) is 5.11 Å². The first-order valence-corrected chi connectivity index (χ1v) is 11.2. The molecular formula is C23H24N4O2S2. The summed E-state index contributed by atoms with van der Waals surface area (Å²) in [6.07, 6.45) is 1.81. The summed E-state index contributed by atoms with van der Waals surface area (Å²) in [6, 6.07) is 13.9. The van der Waals surface area contributed by atoms with Gasteiger partial charge in [0.1, 0.15) is 6.61 Å². The lowest BCUT2D eigenvalue weighted by molar-refractivity contribution is -0.119. The molecule has 2 N–H and O–H groups in total. The largest absolute Gasteiger partial charge is 0.375 e. The molecule has 3 aromatic rings. The normalized spacial score (nSPS) is 18.2. The molecule has 0 bridgehead atoms. The van der Waals surface area contributed by atoms with Crippen molar-refractivity contribution in [2.45, 2.75) is 25.9 Å². The number of carbonyl (C=O) groups excluding carboxylic acids is 1. The highest BCUT2D eigenvalue weighted by Crippen LogP contribution is 2.44. The number of thiocarbonyl (C=S) groups is 1. The van der Waals surface area contributed by atoms with Crippen molar-refractivity contribution < 1.29 is 9.53 Å². The van der Waals surface area contributed by atoms with E-state index in [4.69, 9.17) is 17.0 Å². The highest BCUT2D eigenvalue weighted by atomic mass is 32.1. The zero-order valence-electron chi connectivity index (χ0n) is 17.6. The molecule has 0 saturated carbocycles. The third-order valence-corrected chi connectivity index (χ3v) is 6.71. The minimum atomic E-state index is -0.181. The zero-order chi connectivity index (χ0) is 22.0. The Morgan fingerprint density at radius 3 is 2.74 bits per heavy atom. The summed E-state index contributed by atoms with van der Waals surface area (Å²) >= 11 is 7.51. The molecule has 1 aliphatic rings. The zero-order valence-corrected chi connectivity index (χ0v) is 19.2. The number of amides is 1. The van der Waals surface area contributed by atoms with Crippen molar-refractivity contribution in [3.8, 4) is 0 Å². The molecule has 8 heteroatoms. The molecule has 4 rings (SSSR count). The average molecular weight is 453 g/mol. The molecule has 1 saturated heterocycles. The number of nitrogens with zero attached hydrogens (tertiary/aromatic N) is 2. The van der Waals surface area contributed by atoms with Gasteiger partial charge >= 0.3 is 0 Å². The summed E-state index contributed by atoms with van der Waals surface area (Å²) in [6.45, 7) is 4.12. The second kappa shape index (κ2) is 9.13. The van der Waals surface area contributed by atoms with E-state index in [0.29, 0.717) is 5.11 Å². The van der Waals surface area contributed by atoms with Crippen LogP contribution in [0.2, 0.25) is 0 Å². The highest BCUT2D eigenvalue weighted by Gasteiger charge is 2.42. The van der Waals surface area contributed by atoms with Crippen LogP contribution in [0.1, 0.15) is 33.8 Å². The fourth-order valence-electron chi connectivity index (χ4n) is 3.84. The summed E-state index contributed by atoms with van der Waals surface area (Å²) in [5.41, 5.74) is 4.86. The van der Waals surface area contributed by atoms with Crippen LogP contribution in [0, 0.1) is 13.8 Å². The van der Waals surface area contributed by atoms with E-state index >= 15 is 0 Å². The highest BCUT2D eigenvalue weighted by molar-refractivity contribution is 7.80. The Morgan fingerprint density at radius 1 is 1.26 bits per heavy atom. The lowest BCUT2D eigenvalue weighted by Crippen LogP contribution is -2.29. The SMILES string of the molecule is COCC(=O)Nc1ccc(N2C(=S)N[C@@H](c3ccccn3)[C@H]2c2sccc2C)cc1C. The number of aryl methyl sites for hydroxylation is 2. The van der Waals surface area contributed by atoms with Crippen molar-refractivity contribution >= 4 is 45.9 Å². The Hall–Kier alpha value is -2.81. The van der Waals surface area contributed by atoms with Gasteiger partial charge in [-0.3, -0.25) is 9.78 Å². The number of carbonyl (C=O) groups is 1. The number of methoxy groups -OCH3 is 1. The van der Waals surface area contributed by atoms with Gasteiger partial charge in [0.05, 0.1) is 17.8 Å². The number of ether oxygens (including phenoxy) is 1. The number of hydrogen-bond donors (Lipinski definition) is 2. The second-order valence-corrected chi connectivity index (χ2v) is 8.78. The van der Waals surface area contributed by atoms with Gasteiger partial charge < -0.3 is 20.3 Å². The molecule has 1 aliphatic heterocycles. The molecule has 0 unspecified atom stereocenters. The van der Waals surface area contributed by atoms with Crippen LogP contribution in [0.25, 0.3) is 0 Å². The third kappa shape index (κ3) is 4.32. The fraction of sp³-hybridized carbons (Fsp3) is 0.261. The van der Waals surface area contributed by atoms with E-state index in [0.717, 1.165) is 22.6 Å². The van der Waals surface area contributed by atoms with Crippen molar-refractivity contribution in [3.63, 3.8) is 0 Å². The van der Waals surface area contributed by atoms with Crippen LogP contribution in [0.15, 0.2) is 54.0 Å². The van der Waals surface area contributed by atoms with E-state index in [1.807, 2.05) is 49.5 Å². The Bertz CT molecular complexity index is 1100. The predicted molar refractivity (Wildman–Crippen MR) is 129 cm³/mol. The number of rotatable bonds is 6. The van der Waals surface area contributed by atoms with Crippen molar-refractivity contribution in [2.24, 2.45) is 0 Å². The monoisotopic (exact) mass is 452 g/mol. The number of anilines is 2. The summed E-state index contributed by atoms with van der Waals surface area (Å²) < 4.78 is 4.90. The van der Waals surface area contributed by atoms with E-state index in [-0.39, 0.29) is 24.6 Å². The van der Waals surface area contributed by atoms with E-state index in [9.17, 15) is 4.79 Å². The van der Waals surface area contributed by atoms with E-state index < -0.39 is 0 Å². The molecule has 1 amide bonds. The number of benzene rings is 1. The average Bonchev–Trinajstić information content (AvgIpc) is 3.32. The maximum Gasteiger partial charge on any atom is 0.250 e. The molecule has 6 nitrogen and oxygen atoms in total. The first-order chi connectivity index (χ1) is 15.0. The Labute approximate surface area is 191 Å². The van der Waals surface area contributed by atoms with Gasteiger partial charge in [-0.2, -0.15) is 0 Å². The van der Waals surface area contributed by atoms with Gasteiger partial charge in [-0.1, -0.05) is 6.07 Å². The van der Waals surface area contributed by atoms with Gasteiger partial charge in [-0.25, -0.2) is 0 Å². The predicted octanol–water partition coefficient (Wildman–Crippen LogP) is 4.52. The maximum absolute atomic E-state index is 11.9. The molecule has 31 heavy (non-hydrogen) atoms. The van der Waals surface area contributed by atoms with Crippen molar-refractivity contribution in [2.75, 3.05) is 23.9 Å². The number of nitrogens with one attached hydrogen (secondary N) is 2. The Morgan fingerprint density at radius 2 is 2.10 bits per heavy atom. The van der Waals surface area contributed by atoms with Gasteiger partial charge in [0.2, 0.25) is 5.91 Å². The molecule has 2 atom stereocenters. The molecule has 160 valence electrons. The van der Waals surface area contributed by atoms with Crippen molar-refractivity contribution in [3.05, 3.63) is 75.7 Å². The summed E-state index contributed by atoms with van der Waals surface area (Å²) in [5, 5.41) is 9.13. The molecule has 0 spiro atoms. The first kappa shape index (κ1) is 21.4. The van der Waals surface area contributed by atoms with Crippen LogP contribution >= 0.6 is 23.6 Å². The minimum absolute atomic E-state index is 0.0178. The Kier molecular flexibility index (Phi) is 6.31. The van der Waals surface area contributed by atoms with Gasteiger partial charge in [-0.15, -0.1) is 11.3 Å². The van der Waals surface area contributed by atoms with Gasteiger partial charge in [0.25, 0.3) is 0 Å². The van der Waals surface area contributed by atoms with Crippen molar-refractivity contribution in [1.29, 1.82) is 0 Å². The molecule has 2 aromatic heterocycles. The first-order valence-electron chi connectivity index (χ1n) is 9.93. The topological polar surface area (TPSA) is 66.5 Å². The smallest absolute Gasteiger partial charge is 0.250 e. The Balaban J connectivity index is 1.72. The summed E-state index contributed by atoms with van der Waals surface area (Å²) in [5.74, 6) is -0.181. The molecular weight excluding hydrogens is 428 g/mol. The quantitative estimate of drug-likeness (QED) is 0.536. The van der Waals surface area contributed by atoms with Crippen molar-refractivity contribution in [1.82, 2.24) is 10.3 Å². The number of hydrogen-bond acceptors (Lipinski definition) is 5. The third-order valence-electron chi connectivity index (χ3n) is 5.31. The lowest BCUT2D eigenvalue weighted by Gasteiger charge is -2.28. The number of thiophene rings is 1. The molecule has 0 aliphatic carbocycles. The fourth-order valence-corrected chi connectivity index (χ4v) is 5.24. The number of aromatic nitrogens is 1. The molecule has 3 heterocycles. The van der Waals surface area contributed by atoms with Gasteiger partial charge in [0, 0.05) is 29.6 Å². The second-order valence-electron chi connectivity index (χ2n) is 7.44. The van der Waals surface area contributed by atoms with Crippen LogP contribution in [0.4, 0.5) is 11.4 Å². The van der Waals surface area contributed by atoms with Crippen LogP contribution in [-0.4, -0.2) is 29.7 Å².